The SMILES string of the molecule is [CH2]CCCC1CCOO1. The third-order valence-electron chi connectivity index (χ3n) is 1.50. The second-order valence-corrected chi connectivity index (χ2v) is 2.32. The maximum Gasteiger partial charge on any atom is 0.0953 e. The Morgan fingerprint density at radius 2 is 2.44 bits per heavy atom. The van der Waals surface area contributed by atoms with Gasteiger partial charge in [-0.25, -0.2) is 9.78 Å². The van der Waals surface area contributed by atoms with E-state index in [4.69, 9.17) is 9.78 Å². The molecule has 0 aromatic carbocycles. The van der Waals surface area contributed by atoms with E-state index in [1.165, 1.54) is 0 Å². The van der Waals surface area contributed by atoms with Crippen LogP contribution in [0.4, 0.5) is 0 Å². The molecule has 2 heteroatoms. The molecule has 0 N–H and O–H groups in total. The fraction of sp³-hybridized carbons (Fsp3) is 0.857. The van der Waals surface area contributed by atoms with Crippen LogP contribution in [0.5, 0.6) is 0 Å². The molecule has 0 saturated carbocycles. The van der Waals surface area contributed by atoms with Gasteiger partial charge in [-0.1, -0.05) is 19.8 Å². The van der Waals surface area contributed by atoms with Crippen molar-refractivity contribution in [3.05, 3.63) is 6.92 Å². The van der Waals surface area contributed by atoms with Crippen molar-refractivity contribution in [1.82, 2.24) is 0 Å². The zero-order valence-corrected chi connectivity index (χ0v) is 5.64. The summed E-state index contributed by atoms with van der Waals surface area (Å²) in [5.41, 5.74) is 0. The predicted octanol–water partition coefficient (Wildman–Crippen LogP) is 1.71. The second kappa shape index (κ2) is 3.85. The summed E-state index contributed by atoms with van der Waals surface area (Å²) in [4.78, 5) is 9.66. The van der Waals surface area contributed by atoms with Crippen molar-refractivity contribution < 1.29 is 9.78 Å². The molecule has 1 aliphatic rings. The first-order valence-corrected chi connectivity index (χ1v) is 3.51. The van der Waals surface area contributed by atoms with Crippen LogP contribution in [0.1, 0.15) is 25.7 Å². The average molecular weight is 129 g/mol. The first-order valence-electron chi connectivity index (χ1n) is 3.51. The van der Waals surface area contributed by atoms with Gasteiger partial charge >= 0.3 is 0 Å². The van der Waals surface area contributed by atoms with Gasteiger partial charge in [-0.2, -0.15) is 0 Å². The molecule has 0 aromatic rings. The van der Waals surface area contributed by atoms with Gasteiger partial charge in [0.1, 0.15) is 0 Å². The zero-order chi connectivity index (χ0) is 6.53. The number of hydrogen-bond donors (Lipinski definition) is 0. The standard InChI is InChI=1S/C7H13O2/c1-2-3-4-7-5-6-8-9-7/h7H,1-6H2. The molecule has 0 amide bonds. The molecule has 1 unspecified atom stereocenters. The summed E-state index contributed by atoms with van der Waals surface area (Å²) in [6.45, 7) is 4.52. The highest BCUT2D eigenvalue weighted by atomic mass is 17.2. The Bertz CT molecular complexity index is 67.3. The van der Waals surface area contributed by atoms with Crippen molar-refractivity contribution in [2.24, 2.45) is 0 Å². The molecule has 1 fully saturated rings. The Hall–Kier alpha value is -0.0800. The molecular formula is C7H13O2. The number of rotatable bonds is 3. The van der Waals surface area contributed by atoms with E-state index in [9.17, 15) is 0 Å². The Kier molecular flexibility index (Phi) is 3.01. The maximum atomic E-state index is 4.93. The Labute approximate surface area is 56.1 Å². The van der Waals surface area contributed by atoms with Crippen LogP contribution in [0.25, 0.3) is 0 Å². The van der Waals surface area contributed by atoms with E-state index in [0.29, 0.717) is 6.10 Å². The smallest absolute Gasteiger partial charge is 0.0953 e. The van der Waals surface area contributed by atoms with Crippen molar-refractivity contribution in [2.45, 2.75) is 31.8 Å². The summed E-state index contributed by atoms with van der Waals surface area (Å²) in [5.74, 6) is 0. The highest BCUT2D eigenvalue weighted by Gasteiger charge is 2.15. The Morgan fingerprint density at radius 1 is 1.56 bits per heavy atom. The number of unbranched alkanes of at least 4 members (excludes halogenated alkanes) is 1. The minimum absolute atomic E-state index is 0.353. The normalized spacial score (nSPS) is 27.0. The highest BCUT2D eigenvalue weighted by molar-refractivity contribution is 4.59. The van der Waals surface area contributed by atoms with Gasteiger partial charge in [-0.15, -0.1) is 0 Å². The van der Waals surface area contributed by atoms with E-state index in [-0.39, 0.29) is 0 Å². The lowest BCUT2D eigenvalue weighted by molar-refractivity contribution is -0.275. The Balaban J connectivity index is 1.98. The molecule has 0 aliphatic carbocycles. The van der Waals surface area contributed by atoms with Gasteiger partial charge in [-0.05, 0) is 6.42 Å². The second-order valence-electron chi connectivity index (χ2n) is 2.32. The van der Waals surface area contributed by atoms with Gasteiger partial charge in [-0.3, -0.25) is 0 Å². The predicted molar refractivity (Wildman–Crippen MR) is 34.6 cm³/mol. The summed E-state index contributed by atoms with van der Waals surface area (Å²) < 4.78 is 0. The zero-order valence-electron chi connectivity index (χ0n) is 5.64. The molecule has 1 aliphatic heterocycles. The summed E-state index contributed by atoms with van der Waals surface area (Å²) in [6, 6.07) is 0. The maximum absolute atomic E-state index is 4.93. The van der Waals surface area contributed by atoms with Crippen LogP contribution in [-0.4, -0.2) is 12.7 Å². The monoisotopic (exact) mass is 129 g/mol. The lowest BCUT2D eigenvalue weighted by Crippen LogP contribution is -2.02. The van der Waals surface area contributed by atoms with Gasteiger partial charge in [0.15, 0.2) is 0 Å². The van der Waals surface area contributed by atoms with Gasteiger partial charge in [0, 0.05) is 6.42 Å². The van der Waals surface area contributed by atoms with E-state index in [1.54, 1.807) is 0 Å². The number of hydrogen-bond acceptors (Lipinski definition) is 2. The van der Waals surface area contributed by atoms with Crippen LogP contribution in [-0.2, 0) is 9.78 Å². The summed E-state index contributed by atoms with van der Waals surface area (Å²) in [6.07, 6.45) is 4.66. The van der Waals surface area contributed by atoms with Crippen LogP contribution < -0.4 is 0 Å². The average Bonchev–Trinajstić information content (AvgIpc) is 2.34. The van der Waals surface area contributed by atoms with Crippen LogP contribution >= 0.6 is 0 Å². The Morgan fingerprint density at radius 3 is 3.00 bits per heavy atom. The first kappa shape index (κ1) is 7.03. The van der Waals surface area contributed by atoms with Crippen molar-refractivity contribution in [3.63, 3.8) is 0 Å². The molecule has 1 rings (SSSR count). The van der Waals surface area contributed by atoms with E-state index >= 15 is 0 Å². The molecule has 1 saturated heterocycles. The largest absolute Gasteiger partial charge is 0.236 e. The van der Waals surface area contributed by atoms with Gasteiger partial charge in [0.25, 0.3) is 0 Å². The molecule has 0 bridgehead atoms. The van der Waals surface area contributed by atoms with E-state index in [1.807, 2.05) is 0 Å². The lowest BCUT2D eigenvalue weighted by atomic mass is 10.1. The van der Waals surface area contributed by atoms with Crippen molar-refractivity contribution >= 4 is 0 Å². The highest BCUT2D eigenvalue weighted by Crippen LogP contribution is 2.14. The van der Waals surface area contributed by atoms with E-state index in [0.717, 1.165) is 32.3 Å². The molecule has 1 atom stereocenters. The molecule has 0 spiro atoms. The molecule has 1 heterocycles. The van der Waals surface area contributed by atoms with Gasteiger partial charge in [0.2, 0.25) is 0 Å². The first-order chi connectivity index (χ1) is 4.43. The van der Waals surface area contributed by atoms with Crippen molar-refractivity contribution in [1.29, 1.82) is 0 Å². The van der Waals surface area contributed by atoms with Crippen LogP contribution in [0.2, 0.25) is 0 Å². The van der Waals surface area contributed by atoms with Crippen molar-refractivity contribution in [2.75, 3.05) is 6.61 Å². The van der Waals surface area contributed by atoms with Crippen LogP contribution in [0.15, 0.2) is 0 Å². The molecule has 2 nitrogen and oxygen atoms in total. The summed E-state index contributed by atoms with van der Waals surface area (Å²) >= 11 is 0. The minimum Gasteiger partial charge on any atom is -0.236 e. The molecule has 53 valence electrons. The van der Waals surface area contributed by atoms with Crippen LogP contribution in [0, 0.1) is 6.92 Å². The molecule has 0 aromatic heterocycles. The summed E-state index contributed by atoms with van der Waals surface area (Å²) in [7, 11) is 0. The quantitative estimate of drug-likeness (QED) is 0.540. The molecular weight excluding hydrogens is 116 g/mol. The van der Waals surface area contributed by atoms with Crippen LogP contribution in [0.3, 0.4) is 0 Å². The van der Waals surface area contributed by atoms with Gasteiger partial charge < -0.3 is 0 Å². The topological polar surface area (TPSA) is 18.5 Å². The van der Waals surface area contributed by atoms with Gasteiger partial charge in [0.05, 0.1) is 12.7 Å². The minimum atomic E-state index is 0.353. The lowest BCUT2D eigenvalue weighted by Gasteiger charge is -2.02. The van der Waals surface area contributed by atoms with E-state index < -0.39 is 0 Å². The molecule has 9 heavy (non-hydrogen) atoms. The third kappa shape index (κ3) is 2.33. The summed E-state index contributed by atoms with van der Waals surface area (Å²) in [5, 5.41) is 0. The fourth-order valence-corrected chi connectivity index (χ4v) is 0.936. The van der Waals surface area contributed by atoms with E-state index in [2.05, 4.69) is 6.92 Å². The third-order valence-corrected chi connectivity index (χ3v) is 1.50. The molecule has 1 radical (unpaired) electrons. The fourth-order valence-electron chi connectivity index (χ4n) is 0.936. The van der Waals surface area contributed by atoms with Crippen molar-refractivity contribution in [3.8, 4) is 0 Å².